The van der Waals surface area contributed by atoms with Gasteiger partial charge in [-0.1, -0.05) is 23.7 Å². The highest BCUT2D eigenvalue weighted by Crippen LogP contribution is 2.40. The first kappa shape index (κ1) is 14.5. The molecule has 1 nitrogen and oxygen atoms in total. The summed E-state index contributed by atoms with van der Waals surface area (Å²) in [6.07, 6.45) is 0.554. The summed E-state index contributed by atoms with van der Waals surface area (Å²) in [6.45, 7) is 1.90. The van der Waals surface area contributed by atoms with Crippen LogP contribution < -0.4 is 0 Å². The Morgan fingerprint density at radius 1 is 1.24 bits per heavy atom. The predicted octanol–water partition coefficient (Wildman–Crippen LogP) is 5.35. The molecule has 5 heteroatoms. The molecule has 0 bridgehead atoms. The first-order chi connectivity index (χ1) is 9.86. The zero-order chi connectivity index (χ0) is 15.2. The smallest absolute Gasteiger partial charge is 0.335 e. The van der Waals surface area contributed by atoms with Gasteiger partial charge in [-0.05, 0) is 48.9 Å². The number of rotatable bonds is 3. The fourth-order valence-corrected chi connectivity index (χ4v) is 2.68. The highest BCUT2D eigenvalue weighted by molar-refractivity contribution is 6.30. The summed E-state index contributed by atoms with van der Waals surface area (Å²) < 4.78 is 41.2. The Balaban J connectivity index is 2.08. The van der Waals surface area contributed by atoms with E-state index < -0.39 is 11.9 Å². The molecule has 1 saturated carbocycles. The lowest BCUT2D eigenvalue weighted by molar-refractivity contribution is -0.144. The van der Waals surface area contributed by atoms with Crippen molar-refractivity contribution in [1.29, 1.82) is 0 Å². The summed E-state index contributed by atoms with van der Waals surface area (Å²) in [6, 6.07) is 6.80. The van der Waals surface area contributed by atoms with Gasteiger partial charge in [0.15, 0.2) is 0 Å². The van der Waals surface area contributed by atoms with Crippen molar-refractivity contribution in [3.05, 3.63) is 46.7 Å². The van der Waals surface area contributed by atoms with Crippen LogP contribution in [0.25, 0.3) is 11.1 Å². The van der Waals surface area contributed by atoms with Crippen molar-refractivity contribution < 1.29 is 13.2 Å². The van der Waals surface area contributed by atoms with E-state index in [0.29, 0.717) is 28.6 Å². The maximum absolute atomic E-state index is 13.3. The molecule has 0 spiro atoms. The Morgan fingerprint density at radius 3 is 2.38 bits per heavy atom. The van der Waals surface area contributed by atoms with Gasteiger partial charge in [0.2, 0.25) is 0 Å². The molecule has 2 aromatic rings. The lowest BCUT2D eigenvalue weighted by Gasteiger charge is -2.12. The fourth-order valence-electron chi connectivity index (χ4n) is 2.55. The van der Waals surface area contributed by atoms with Crippen molar-refractivity contribution in [3.63, 3.8) is 0 Å². The molecule has 1 heterocycles. The second-order valence-corrected chi connectivity index (χ2v) is 5.96. The number of hydrogen-bond acceptors (Lipinski definition) is 0. The average Bonchev–Trinajstić information content (AvgIpc) is 3.12. The van der Waals surface area contributed by atoms with Crippen molar-refractivity contribution in [3.8, 4) is 11.1 Å². The number of alkyl halides is 3. The highest BCUT2D eigenvalue weighted by Gasteiger charge is 2.39. The zero-order valence-electron chi connectivity index (χ0n) is 11.5. The number of aromatic nitrogens is 1. The van der Waals surface area contributed by atoms with Crippen LogP contribution in [0.15, 0.2) is 24.3 Å². The van der Waals surface area contributed by atoms with Gasteiger partial charge in [0.05, 0.1) is 6.20 Å². The van der Waals surface area contributed by atoms with Gasteiger partial charge >= 0.3 is 6.18 Å². The van der Waals surface area contributed by atoms with Gasteiger partial charge in [0.1, 0.15) is 5.69 Å². The van der Waals surface area contributed by atoms with Crippen LogP contribution in [0.1, 0.15) is 24.1 Å². The van der Waals surface area contributed by atoms with Gasteiger partial charge in [-0.15, -0.1) is 0 Å². The van der Waals surface area contributed by atoms with Gasteiger partial charge in [-0.3, -0.25) is 0 Å². The minimum Gasteiger partial charge on any atom is -0.335 e. The molecular weight excluding hydrogens is 299 g/mol. The molecular formula is C16H14ClF3N. The molecule has 0 saturated heterocycles. The molecule has 111 valence electrons. The van der Waals surface area contributed by atoms with E-state index in [1.165, 1.54) is 11.5 Å². The topological polar surface area (TPSA) is 4.93 Å². The van der Waals surface area contributed by atoms with E-state index in [9.17, 15) is 13.2 Å². The molecule has 1 aliphatic carbocycles. The van der Waals surface area contributed by atoms with Crippen molar-refractivity contribution >= 4 is 11.6 Å². The Kier molecular flexibility index (Phi) is 3.52. The Morgan fingerprint density at radius 2 is 1.86 bits per heavy atom. The quantitative estimate of drug-likeness (QED) is 0.720. The molecule has 1 radical (unpaired) electrons. The maximum Gasteiger partial charge on any atom is 0.431 e. The summed E-state index contributed by atoms with van der Waals surface area (Å²) in [5, 5.41) is 0.560. The largest absolute Gasteiger partial charge is 0.431 e. The van der Waals surface area contributed by atoms with Crippen LogP contribution in [0.5, 0.6) is 0 Å². The van der Waals surface area contributed by atoms with Crippen LogP contribution in [0, 0.1) is 19.0 Å². The van der Waals surface area contributed by atoms with E-state index in [1.54, 1.807) is 24.3 Å². The van der Waals surface area contributed by atoms with Crippen molar-refractivity contribution in [2.24, 2.45) is 5.92 Å². The highest BCUT2D eigenvalue weighted by atomic mass is 35.5. The molecule has 0 unspecified atom stereocenters. The Bertz CT molecular complexity index is 651. The maximum atomic E-state index is 13.3. The summed E-state index contributed by atoms with van der Waals surface area (Å²) >= 11 is 5.83. The predicted molar refractivity (Wildman–Crippen MR) is 76.2 cm³/mol. The lowest BCUT2D eigenvalue weighted by Crippen LogP contribution is -2.15. The summed E-state index contributed by atoms with van der Waals surface area (Å²) in [5.41, 5.74) is 0.849. The normalized spacial score (nSPS) is 15.5. The molecule has 0 atom stereocenters. The van der Waals surface area contributed by atoms with Crippen LogP contribution >= 0.6 is 11.6 Å². The Hall–Kier alpha value is -1.42. The van der Waals surface area contributed by atoms with Crippen LogP contribution in [0.2, 0.25) is 5.02 Å². The van der Waals surface area contributed by atoms with Crippen molar-refractivity contribution in [2.75, 3.05) is 0 Å². The van der Waals surface area contributed by atoms with E-state index in [2.05, 4.69) is 6.20 Å². The second-order valence-electron chi connectivity index (χ2n) is 5.52. The molecule has 0 amide bonds. The third kappa shape index (κ3) is 2.95. The molecule has 1 aromatic carbocycles. The molecule has 0 aliphatic heterocycles. The van der Waals surface area contributed by atoms with E-state index in [-0.39, 0.29) is 5.56 Å². The Labute approximate surface area is 126 Å². The first-order valence-electron chi connectivity index (χ1n) is 6.82. The summed E-state index contributed by atoms with van der Waals surface area (Å²) in [5.74, 6) is 0.354. The molecule has 1 aromatic heterocycles. The second kappa shape index (κ2) is 5.09. The van der Waals surface area contributed by atoms with E-state index in [1.807, 2.05) is 0 Å². The third-order valence-electron chi connectivity index (χ3n) is 3.79. The van der Waals surface area contributed by atoms with Crippen LogP contribution in [0.4, 0.5) is 13.2 Å². The van der Waals surface area contributed by atoms with Crippen LogP contribution in [0.3, 0.4) is 0 Å². The van der Waals surface area contributed by atoms with Crippen LogP contribution in [-0.2, 0) is 12.7 Å². The van der Waals surface area contributed by atoms with Crippen LogP contribution in [-0.4, -0.2) is 4.57 Å². The number of halogens is 4. The molecule has 21 heavy (non-hydrogen) atoms. The summed E-state index contributed by atoms with van der Waals surface area (Å²) in [4.78, 5) is 0. The van der Waals surface area contributed by atoms with Gasteiger partial charge < -0.3 is 4.57 Å². The van der Waals surface area contributed by atoms with Gasteiger partial charge in [0.25, 0.3) is 0 Å². The first-order valence-corrected chi connectivity index (χ1v) is 7.19. The SMILES string of the molecule is Cc1c(-c2ccc(Cl)cc2)[c]n(CC2CC2)c1C(F)(F)F. The lowest BCUT2D eigenvalue weighted by atomic mass is 10.0. The van der Waals surface area contributed by atoms with Gasteiger partial charge in [-0.2, -0.15) is 13.2 Å². The van der Waals surface area contributed by atoms with Gasteiger partial charge in [0, 0.05) is 17.1 Å². The molecule has 0 N–H and O–H groups in total. The minimum absolute atomic E-state index is 0.227. The number of benzene rings is 1. The number of nitrogens with zero attached hydrogens (tertiary/aromatic N) is 1. The molecule has 3 rings (SSSR count). The van der Waals surface area contributed by atoms with E-state index in [4.69, 9.17) is 11.6 Å². The van der Waals surface area contributed by atoms with E-state index >= 15 is 0 Å². The molecule has 1 aliphatic rings. The molecule has 1 fully saturated rings. The third-order valence-corrected chi connectivity index (χ3v) is 4.04. The van der Waals surface area contributed by atoms with Crippen molar-refractivity contribution in [1.82, 2.24) is 4.57 Å². The zero-order valence-corrected chi connectivity index (χ0v) is 12.2. The summed E-state index contributed by atoms with van der Waals surface area (Å²) in [7, 11) is 0. The standard InChI is InChI=1S/C16H14ClF3N/c1-10-14(12-4-6-13(17)7-5-12)9-21(8-11-2-3-11)15(10)16(18,19)20/h4-7,11H,2-3,8H2,1H3. The van der Waals surface area contributed by atoms with E-state index in [0.717, 1.165) is 12.8 Å². The minimum atomic E-state index is -4.36. The van der Waals surface area contributed by atoms with Gasteiger partial charge in [-0.25, -0.2) is 0 Å². The average molecular weight is 313 g/mol. The fraction of sp³-hybridized carbons (Fsp3) is 0.375. The monoisotopic (exact) mass is 312 g/mol. The van der Waals surface area contributed by atoms with Crippen molar-refractivity contribution in [2.45, 2.75) is 32.5 Å². The number of hydrogen-bond donors (Lipinski definition) is 0.